The second-order valence-electron chi connectivity index (χ2n) is 5.19. The number of nitrogens with one attached hydrogen (secondary N) is 2. The molecule has 24 heavy (non-hydrogen) atoms. The Kier molecular flexibility index (Phi) is 4.96. The molecule has 0 radical (unpaired) electrons. The summed E-state index contributed by atoms with van der Waals surface area (Å²) < 4.78 is 26.5. The van der Waals surface area contributed by atoms with Crippen molar-refractivity contribution >= 4 is 11.8 Å². The number of aromatic nitrogens is 2. The number of hydrogen-bond acceptors (Lipinski definition) is 4. The van der Waals surface area contributed by atoms with Crippen molar-refractivity contribution in [1.29, 1.82) is 0 Å². The molecule has 0 saturated carbocycles. The highest BCUT2D eigenvalue weighted by Crippen LogP contribution is 2.11. The van der Waals surface area contributed by atoms with Crippen LogP contribution in [0.15, 0.2) is 60.8 Å². The van der Waals surface area contributed by atoms with E-state index in [1.165, 1.54) is 18.2 Å². The Balaban J connectivity index is 1.59. The maximum absolute atomic E-state index is 13.6. The van der Waals surface area contributed by atoms with Crippen molar-refractivity contribution in [3.05, 3.63) is 83.6 Å². The molecular weight excluding hydrogens is 310 g/mol. The van der Waals surface area contributed by atoms with Crippen LogP contribution >= 0.6 is 0 Å². The normalized spacial score (nSPS) is 10.4. The quantitative estimate of drug-likeness (QED) is 0.719. The van der Waals surface area contributed by atoms with E-state index in [0.717, 1.165) is 5.56 Å². The second-order valence-corrected chi connectivity index (χ2v) is 5.19. The Morgan fingerprint density at radius 3 is 2.42 bits per heavy atom. The summed E-state index contributed by atoms with van der Waals surface area (Å²) in [5, 5.41) is 6.14. The average Bonchev–Trinajstić information content (AvgIpc) is 2.61. The van der Waals surface area contributed by atoms with E-state index in [-0.39, 0.29) is 11.6 Å². The molecule has 0 bridgehead atoms. The highest BCUT2D eigenvalue weighted by atomic mass is 19.1. The first-order chi connectivity index (χ1) is 11.7. The molecule has 4 nitrogen and oxygen atoms in total. The molecule has 0 aliphatic carbocycles. The van der Waals surface area contributed by atoms with Gasteiger partial charge in [0, 0.05) is 24.8 Å². The molecular formula is C18H16F2N4. The molecule has 2 N–H and O–H groups in total. The van der Waals surface area contributed by atoms with Gasteiger partial charge in [-0.05, 0) is 29.8 Å². The SMILES string of the molecule is Fc1ccc(CNc2ccnc(NCc3ccccc3F)n2)cc1. The standard InChI is InChI=1S/C18H16F2N4/c19-15-7-5-13(6-8-15)11-22-17-9-10-21-18(24-17)23-12-14-3-1-2-4-16(14)20/h1-10H,11-12H2,(H2,21,22,23,24). The van der Waals surface area contributed by atoms with Crippen LogP contribution in [0.3, 0.4) is 0 Å². The highest BCUT2D eigenvalue weighted by molar-refractivity contribution is 5.40. The molecule has 0 atom stereocenters. The summed E-state index contributed by atoms with van der Waals surface area (Å²) >= 11 is 0. The molecule has 0 aliphatic rings. The number of nitrogens with zero attached hydrogens (tertiary/aromatic N) is 2. The molecule has 3 aromatic rings. The predicted octanol–water partition coefficient (Wildman–Crippen LogP) is 3.98. The first-order valence-electron chi connectivity index (χ1n) is 7.49. The molecule has 2 aromatic carbocycles. The van der Waals surface area contributed by atoms with Gasteiger partial charge in [0.2, 0.25) is 5.95 Å². The van der Waals surface area contributed by atoms with Gasteiger partial charge in [0.25, 0.3) is 0 Å². The van der Waals surface area contributed by atoms with Crippen molar-refractivity contribution in [2.45, 2.75) is 13.1 Å². The summed E-state index contributed by atoms with van der Waals surface area (Å²) in [7, 11) is 0. The molecule has 1 heterocycles. The second kappa shape index (κ2) is 7.50. The molecule has 122 valence electrons. The van der Waals surface area contributed by atoms with Gasteiger partial charge in [0.1, 0.15) is 17.5 Å². The van der Waals surface area contributed by atoms with E-state index in [1.54, 1.807) is 42.6 Å². The number of rotatable bonds is 6. The van der Waals surface area contributed by atoms with Crippen molar-refractivity contribution in [3.8, 4) is 0 Å². The molecule has 0 spiro atoms. The van der Waals surface area contributed by atoms with Crippen LogP contribution < -0.4 is 10.6 Å². The van der Waals surface area contributed by atoms with E-state index >= 15 is 0 Å². The van der Waals surface area contributed by atoms with Crippen LogP contribution in [-0.4, -0.2) is 9.97 Å². The maximum atomic E-state index is 13.6. The number of benzene rings is 2. The fourth-order valence-corrected chi connectivity index (χ4v) is 2.15. The molecule has 1 aromatic heterocycles. The predicted molar refractivity (Wildman–Crippen MR) is 89.5 cm³/mol. The summed E-state index contributed by atoms with van der Waals surface area (Å²) in [6.45, 7) is 0.818. The Bertz CT molecular complexity index is 806. The van der Waals surface area contributed by atoms with Crippen molar-refractivity contribution in [1.82, 2.24) is 9.97 Å². The fourth-order valence-electron chi connectivity index (χ4n) is 2.15. The van der Waals surface area contributed by atoms with Crippen molar-refractivity contribution in [2.75, 3.05) is 10.6 Å². The minimum Gasteiger partial charge on any atom is -0.366 e. The van der Waals surface area contributed by atoms with Crippen LogP contribution in [0.4, 0.5) is 20.5 Å². The van der Waals surface area contributed by atoms with Gasteiger partial charge in [-0.1, -0.05) is 30.3 Å². The van der Waals surface area contributed by atoms with Crippen LogP contribution in [0.1, 0.15) is 11.1 Å². The van der Waals surface area contributed by atoms with Gasteiger partial charge >= 0.3 is 0 Å². The van der Waals surface area contributed by atoms with Gasteiger partial charge in [0.15, 0.2) is 0 Å². The van der Waals surface area contributed by atoms with Gasteiger partial charge in [-0.3, -0.25) is 0 Å². The number of hydrogen-bond donors (Lipinski definition) is 2. The zero-order valence-electron chi connectivity index (χ0n) is 12.8. The van der Waals surface area contributed by atoms with Gasteiger partial charge < -0.3 is 10.6 Å². The Hall–Kier alpha value is -3.02. The van der Waals surface area contributed by atoms with E-state index in [1.807, 2.05) is 0 Å². The van der Waals surface area contributed by atoms with E-state index in [2.05, 4.69) is 20.6 Å². The molecule has 0 amide bonds. The van der Waals surface area contributed by atoms with Crippen LogP contribution in [0.25, 0.3) is 0 Å². The Morgan fingerprint density at radius 1 is 0.833 bits per heavy atom. The Labute approximate surface area is 138 Å². The minimum atomic E-state index is -0.268. The zero-order chi connectivity index (χ0) is 16.8. The minimum absolute atomic E-state index is 0.264. The molecule has 0 aliphatic heterocycles. The third-order valence-corrected chi connectivity index (χ3v) is 3.44. The summed E-state index contributed by atoms with van der Waals surface area (Å²) in [5.41, 5.74) is 1.49. The lowest BCUT2D eigenvalue weighted by molar-refractivity contribution is 0.612. The number of anilines is 2. The van der Waals surface area contributed by atoms with E-state index in [4.69, 9.17) is 0 Å². The van der Waals surface area contributed by atoms with Crippen molar-refractivity contribution in [2.24, 2.45) is 0 Å². The van der Waals surface area contributed by atoms with Gasteiger partial charge in [0.05, 0.1) is 0 Å². The van der Waals surface area contributed by atoms with E-state index in [0.29, 0.717) is 30.4 Å². The fraction of sp³-hybridized carbons (Fsp3) is 0.111. The van der Waals surface area contributed by atoms with Gasteiger partial charge in [-0.2, -0.15) is 4.98 Å². The average molecular weight is 326 g/mol. The Morgan fingerprint density at radius 2 is 1.62 bits per heavy atom. The highest BCUT2D eigenvalue weighted by Gasteiger charge is 2.03. The number of halogens is 2. The third-order valence-electron chi connectivity index (χ3n) is 3.44. The third kappa shape index (κ3) is 4.25. The van der Waals surface area contributed by atoms with E-state index < -0.39 is 0 Å². The van der Waals surface area contributed by atoms with Crippen molar-refractivity contribution in [3.63, 3.8) is 0 Å². The smallest absolute Gasteiger partial charge is 0.224 e. The lowest BCUT2D eigenvalue weighted by atomic mass is 10.2. The molecule has 6 heteroatoms. The summed E-state index contributed by atoms with van der Waals surface area (Å²) in [5.74, 6) is 0.503. The topological polar surface area (TPSA) is 49.8 Å². The lowest BCUT2D eigenvalue weighted by Gasteiger charge is -2.09. The lowest BCUT2D eigenvalue weighted by Crippen LogP contribution is -2.07. The zero-order valence-corrected chi connectivity index (χ0v) is 12.8. The summed E-state index contributed by atoms with van der Waals surface area (Å²) in [6, 6.07) is 14.5. The van der Waals surface area contributed by atoms with Gasteiger partial charge in [-0.25, -0.2) is 13.8 Å². The van der Waals surface area contributed by atoms with Crippen LogP contribution in [0.5, 0.6) is 0 Å². The summed E-state index contributed by atoms with van der Waals surface area (Å²) in [6.07, 6.45) is 1.61. The first kappa shape index (κ1) is 15.9. The van der Waals surface area contributed by atoms with Crippen molar-refractivity contribution < 1.29 is 8.78 Å². The molecule has 3 rings (SSSR count). The van der Waals surface area contributed by atoms with E-state index in [9.17, 15) is 8.78 Å². The monoisotopic (exact) mass is 326 g/mol. The largest absolute Gasteiger partial charge is 0.366 e. The maximum Gasteiger partial charge on any atom is 0.224 e. The molecule has 0 unspecified atom stereocenters. The molecule has 0 saturated heterocycles. The molecule has 0 fully saturated rings. The summed E-state index contributed by atoms with van der Waals surface area (Å²) in [4.78, 5) is 8.44. The van der Waals surface area contributed by atoms with Crippen LogP contribution in [0.2, 0.25) is 0 Å². The van der Waals surface area contributed by atoms with Crippen LogP contribution in [0, 0.1) is 11.6 Å². The van der Waals surface area contributed by atoms with Gasteiger partial charge in [-0.15, -0.1) is 0 Å². The first-order valence-corrected chi connectivity index (χ1v) is 7.49. The van der Waals surface area contributed by atoms with Crippen LogP contribution in [-0.2, 0) is 13.1 Å².